The van der Waals surface area contributed by atoms with Crippen LogP contribution in [-0.2, 0) is 0 Å². The summed E-state index contributed by atoms with van der Waals surface area (Å²) < 4.78 is 0. The lowest BCUT2D eigenvalue weighted by atomic mass is 10.0. The Bertz CT molecular complexity index is 483. The van der Waals surface area contributed by atoms with Gasteiger partial charge in [-0.2, -0.15) is 0 Å². The summed E-state index contributed by atoms with van der Waals surface area (Å²) in [6.07, 6.45) is 2.54. The Hall–Kier alpha value is -0.860. The summed E-state index contributed by atoms with van der Waals surface area (Å²) in [5, 5.41) is 16.4. The van der Waals surface area contributed by atoms with E-state index >= 15 is 0 Å². The van der Waals surface area contributed by atoms with Crippen LogP contribution in [0.5, 0.6) is 0 Å². The fraction of sp³-hybridized carbons (Fsp3) is 0.611. The number of guanidine groups is 1. The van der Waals surface area contributed by atoms with Crippen LogP contribution in [0.3, 0.4) is 0 Å². The van der Waals surface area contributed by atoms with Crippen molar-refractivity contribution in [3.05, 3.63) is 35.9 Å². The molecule has 2 rings (SSSR count). The summed E-state index contributed by atoms with van der Waals surface area (Å²) in [4.78, 5) is 6.81. The van der Waals surface area contributed by atoms with E-state index in [1.807, 2.05) is 18.2 Å². The average molecular weight is 446 g/mol. The second kappa shape index (κ2) is 11.7. The molecule has 0 aromatic heterocycles. The summed E-state index contributed by atoms with van der Waals surface area (Å²) in [7, 11) is 1.79. The van der Waals surface area contributed by atoms with Crippen molar-refractivity contribution in [2.75, 3.05) is 39.8 Å². The number of nitrogens with zero attached hydrogens (tertiary/aromatic N) is 2. The molecular formula is C18H31IN4O. The summed E-state index contributed by atoms with van der Waals surface area (Å²) in [5.74, 6) is 0.885. The van der Waals surface area contributed by atoms with E-state index in [2.05, 4.69) is 39.6 Å². The third-order valence-electron chi connectivity index (χ3n) is 4.64. The predicted molar refractivity (Wildman–Crippen MR) is 111 cm³/mol. The summed E-state index contributed by atoms with van der Waals surface area (Å²) in [6.45, 7) is 6.25. The highest BCUT2D eigenvalue weighted by Crippen LogP contribution is 2.16. The summed E-state index contributed by atoms with van der Waals surface area (Å²) >= 11 is 0. The molecule has 1 aliphatic rings. The van der Waals surface area contributed by atoms with Gasteiger partial charge in [-0.05, 0) is 31.5 Å². The maximum atomic E-state index is 9.63. The van der Waals surface area contributed by atoms with Crippen molar-refractivity contribution in [1.29, 1.82) is 0 Å². The van der Waals surface area contributed by atoms with Gasteiger partial charge in [0.1, 0.15) is 0 Å². The molecule has 5 nitrogen and oxygen atoms in total. The molecule has 1 aromatic carbocycles. The Labute approximate surface area is 162 Å². The minimum absolute atomic E-state index is 0. The molecule has 1 aromatic rings. The standard InChI is InChI=1S/C18H30N4O.HI/c1-3-22-11-7-10-17(22)13-21-18(19-2)20-12-16(14-23)15-8-5-4-6-9-15;/h4-6,8-9,16-17,23H,3,7,10-14H2,1-2H3,(H2,19,20,21);1H. The average Bonchev–Trinajstić information content (AvgIpc) is 3.06. The Kier molecular flexibility index (Phi) is 10.3. The van der Waals surface area contributed by atoms with Crippen molar-refractivity contribution in [1.82, 2.24) is 15.5 Å². The van der Waals surface area contributed by atoms with Gasteiger partial charge in [-0.15, -0.1) is 24.0 Å². The second-order valence-corrected chi connectivity index (χ2v) is 6.05. The molecule has 0 amide bonds. The lowest BCUT2D eigenvalue weighted by Crippen LogP contribution is -2.45. The highest BCUT2D eigenvalue weighted by molar-refractivity contribution is 14.0. The molecule has 1 heterocycles. The molecule has 24 heavy (non-hydrogen) atoms. The van der Waals surface area contributed by atoms with E-state index < -0.39 is 0 Å². The molecule has 136 valence electrons. The number of hydrogen-bond donors (Lipinski definition) is 3. The molecule has 6 heteroatoms. The van der Waals surface area contributed by atoms with Gasteiger partial charge in [0, 0.05) is 32.1 Å². The first-order chi connectivity index (χ1) is 11.3. The highest BCUT2D eigenvalue weighted by atomic mass is 127. The first-order valence-electron chi connectivity index (χ1n) is 8.62. The quantitative estimate of drug-likeness (QED) is 0.341. The summed E-state index contributed by atoms with van der Waals surface area (Å²) in [5.41, 5.74) is 1.14. The molecule has 0 bridgehead atoms. The Morgan fingerprint density at radius 2 is 2.08 bits per heavy atom. The third kappa shape index (κ3) is 6.22. The molecule has 0 radical (unpaired) electrons. The van der Waals surface area contributed by atoms with E-state index in [4.69, 9.17) is 0 Å². The predicted octanol–water partition coefficient (Wildman–Crippen LogP) is 2.03. The SMILES string of the molecule is CCN1CCCC1CNC(=NC)NCC(CO)c1ccccc1.I. The second-order valence-electron chi connectivity index (χ2n) is 6.05. The maximum Gasteiger partial charge on any atom is 0.191 e. The fourth-order valence-corrected chi connectivity index (χ4v) is 3.21. The number of nitrogens with one attached hydrogen (secondary N) is 2. The lowest BCUT2D eigenvalue weighted by molar-refractivity contribution is 0.262. The van der Waals surface area contributed by atoms with Gasteiger partial charge < -0.3 is 15.7 Å². The molecule has 1 aliphatic heterocycles. The van der Waals surface area contributed by atoms with Crippen LogP contribution >= 0.6 is 24.0 Å². The highest BCUT2D eigenvalue weighted by Gasteiger charge is 2.22. The zero-order chi connectivity index (χ0) is 16.5. The number of aliphatic hydroxyl groups is 1. The van der Waals surface area contributed by atoms with Crippen LogP contribution < -0.4 is 10.6 Å². The van der Waals surface area contributed by atoms with Crippen molar-refractivity contribution >= 4 is 29.9 Å². The van der Waals surface area contributed by atoms with Gasteiger partial charge in [-0.25, -0.2) is 0 Å². The van der Waals surface area contributed by atoms with Gasteiger partial charge in [0.2, 0.25) is 0 Å². The van der Waals surface area contributed by atoms with Crippen molar-refractivity contribution in [3.63, 3.8) is 0 Å². The van der Waals surface area contributed by atoms with Gasteiger partial charge in [0.15, 0.2) is 5.96 Å². The molecule has 3 N–H and O–H groups in total. The first kappa shape index (κ1) is 21.2. The summed E-state index contributed by atoms with van der Waals surface area (Å²) in [6, 6.07) is 10.7. The maximum absolute atomic E-state index is 9.63. The Morgan fingerprint density at radius 1 is 1.33 bits per heavy atom. The van der Waals surface area contributed by atoms with Crippen molar-refractivity contribution in [2.24, 2.45) is 4.99 Å². The normalized spacial score (nSPS) is 19.6. The Morgan fingerprint density at radius 3 is 2.71 bits per heavy atom. The number of halogens is 1. The topological polar surface area (TPSA) is 59.9 Å². The van der Waals surface area contributed by atoms with Gasteiger partial charge in [0.05, 0.1) is 6.61 Å². The van der Waals surface area contributed by atoms with Gasteiger partial charge >= 0.3 is 0 Å². The number of aliphatic imine (C=N–C) groups is 1. The first-order valence-corrected chi connectivity index (χ1v) is 8.62. The minimum atomic E-state index is 0. The molecular weight excluding hydrogens is 415 g/mol. The number of likely N-dealkylation sites (tertiary alicyclic amines) is 1. The molecule has 0 saturated carbocycles. The zero-order valence-electron chi connectivity index (χ0n) is 14.7. The van der Waals surface area contributed by atoms with E-state index in [-0.39, 0.29) is 36.5 Å². The zero-order valence-corrected chi connectivity index (χ0v) is 17.1. The van der Waals surface area contributed by atoms with Crippen molar-refractivity contribution in [2.45, 2.75) is 31.7 Å². The smallest absolute Gasteiger partial charge is 0.191 e. The molecule has 0 spiro atoms. The van der Waals surface area contributed by atoms with Crippen LogP contribution in [0.1, 0.15) is 31.2 Å². The third-order valence-corrected chi connectivity index (χ3v) is 4.64. The van der Waals surface area contributed by atoms with E-state index in [9.17, 15) is 5.11 Å². The fourth-order valence-electron chi connectivity index (χ4n) is 3.21. The van der Waals surface area contributed by atoms with Crippen molar-refractivity contribution in [3.8, 4) is 0 Å². The molecule has 1 fully saturated rings. The minimum Gasteiger partial charge on any atom is -0.396 e. The van der Waals surface area contributed by atoms with E-state index in [0.29, 0.717) is 12.6 Å². The van der Waals surface area contributed by atoms with E-state index in [1.54, 1.807) is 7.05 Å². The van der Waals surface area contributed by atoms with Gasteiger partial charge in [-0.3, -0.25) is 9.89 Å². The number of hydrogen-bond acceptors (Lipinski definition) is 3. The molecule has 1 saturated heterocycles. The Balaban J connectivity index is 0.00000288. The number of rotatable bonds is 7. The number of benzene rings is 1. The molecule has 2 unspecified atom stereocenters. The molecule has 2 atom stereocenters. The van der Waals surface area contributed by atoms with Crippen LogP contribution in [0.25, 0.3) is 0 Å². The van der Waals surface area contributed by atoms with Crippen molar-refractivity contribution < 1.29 is 5.11 Å². The number of aliphatic hydroxyl groups excluding tert-OH is 1. The van der Waals surface area contributed by atoms with Crippen LogP contribution in [0.15, 0.2) is 35.3 Å². The van der Waals surface area contributed by atoms with Gasteiger partial charge in [0.25, 0.3) is 0 Å². The van der Waals surface area contributed by atoms with Crippen LogP contribution in [0.4, 0.5) is 0 Å². The van der Waals surface area contributed by atoms with E-state index in [0.717, 1.165) is 24.6 Å². The molecule has 0 aliphatic carbocycles. The number of likely N-dealkylation sites (N-methyl/N-ethyl adjacent to an activating group) is 1. The van der Waals surface area contributed by atoms with Gasteiger partial charge in [-0.1, -0.05) is 37.3 Å². The largest absolute Gasteiger partial charge is 0.396 e. The van der Waals surface area contributed by atoms with Crippen LogP contribution in [0, 0.1) is 0 Å². The monoisotopic (exact) mass is 446 g/mol. The van der Waals surface area contributed by atoms with E-state index in [1.165, 1.54) is 19.4 Å². The lowest BCUT2D eigenvalue weighted by Gasteiger charge is -2.24. The van der Waals surface area contributed by atoms with Crippen LogP contribution in [0.2, 0.25) is 0 Å². The van der Waals surface area contributed by atoms with Crippen LogP contribution in [-0.4, -0.2) is 61.8 Å².